The van der Waals surface area contributed by atoms with E-state index >= 15 is 0 Å². The quantitative estimate of drug-likeness (QED) is 0.863. The van der Waals surface area contributed by atoms with Crippen LogP contribution in [0.1, 0.15) is 21.9 Å². The molecule has 0 aromatic carbocycles. The number of hydrogen-bond donors (Lipinski definition) is 1. The summed E-state index contributed by atoms with van der Waals surface area (Å²) >= 11 is 0. The summed E-state index contributed by atoms with van der Waals surface area (Å²) in [5, 5.41) is 3.83. The minimum Gasteiger partial charge on any atom is -0.361 e. The summed E-state index contributed by atoms with van der Waals surface area (Å²) in [6.45, 7) is 2.04. The fourth-order valence-corrected chi connectivity index (χ4v) is 2.81. The molecular formula is C13H18N4O4S. The third-order valence-electron chi connectivity index (χ3n) is 3.20. The molecule has 22 heavy (non-hydrogen) atoms. The van der Waals surface area contributed by atoms with Gasteiger partial charge >= 0.3 is 0 Å². The number of nitrogens with one attached hydrogen (secondary N) is 1. The minimum absolute atomic E-state index is 0.0477. The van der Waals surface area contributed by atoms with Gasteiger partial charge in [0.15, 0.2) is 0 Å². The van der Waals surface area contributed by atoms with E-state index < -0.39 is 10.0 Å². The van der Waals surface area contributed by atoms with Gasteiger partial charge in [-0.25, -0.2) is 13.1 Å². The number of carbonyl (C=O) groups excluding carboxylic acids is 1. The highest BCUT2D eigenvalue weighted by Crippen LogP contribution is 2.15. The van der Waals surface area contributed by atoms with Crippen LogP contribution in [0.3, 0.4) is 0 Å². The van der Waals surface area contributed by atoms with Crippen molar-refractivity contribution in [3.8, 4) is 0 Å². The second-order valence-electron chi connectivity index (χ2n) is 4.97. The topological polar surface area (TPSA) is 97.4 Å². The summed E-state index contributed by atoms with van der Waals surface area (Å²) in [5.74, 6) is 0.359. The monoisotopic (exact) mass is 326 g/mol. The van der Waals surface area contributed by atoms with Gasteiger partial charge in [-0.2, -0.15) is 0 Å². The first-order valence-electron chi connectivity index (χ1n) is 6.52. The van der Waals surface area contributed by atoms with E-state index in [9.17, 15) is 13.2 Å². The first kappa shape index (κ1) is 16.2. The first-order chi connectivity index (χ1) is 10.2. The Morgan fingerprint density at radius 2 is 2.14 bits per heavy atom. The van der Waals surface area contributed by atoms with Crippen LogP contribution in [0.4, 0.5) is 0 Å². The van der Waals surface area contributed by atoms with E-state index in [-0.39, 0.29) is 23.0 Å². The van der Waals surface area contributed by atoms with E-state index in [1.165, 1.54) is 28.8 Å². The Kier molecular flexibility index (Phi) is 4.38. The number of nitrogens with zero attached hydrogens (tertiary/aromatic N) is 3. The smallest absolute Gasteiger partial charge is 0.270 e. The average molecular weight is 326 g/mol. The third kappa shape index (κ3) is 3.20. The van der Waals surface area contributed by atoms with E-state index in [1.807, 2.05) is 0 Å². The molecule has 0 aliphatic carbocycles. The van der Waals surface area contributed by atoms with E-state index in [2.05, 4.69) is 9.88 Å². The summed E-state index contributed by atoms with van der Waals surface area (Å²) in [4.78, 5) is 13.9. The zero-order chi connectivity index (χ0) is 16.5. The molecule has 1 N–H and O–H groups in total. The first-order valence-corrected chi connectivity index (χ1v) is 8.00. The maximum absolute atomic E-state index is 12.4. The maximum atomic E-state index is 12.4. The van der Waals surface area contributed by atoms with Crippen LogP contribution in [0.15, 0.2) is 27.7 Å². The number of aryl methyl sites for hydroxylation is 2. The molecule has 1 amide bonds. The zero-order valence-electron chi connectivity index (χ0n) is 12.8. The van der Waals surface area contributed by atoms with Crippen LogP contribution in [0.25, 0.3) is 0 Å². The molecule has 0 aliphatic rings. The fourth-order valence-electron chi connectivity index (χ4n) is 2.01. The van der Waals surface area contributed by atoms with Gasteiger partial charge in [-0.05, 0) is 20.0 Å². The molecule has 8 nitrogen and oxygen atoms in total. The van der Waals surface area contributed by atoms with Gasteiger partial charge in [-0.1, -0.05) is 5.16 Å². The average Bonchev–Trinajstić information content (AvgIpc) is 3.04. The van der Waals surface area contributed by atoms with E-state index in [0.29, 0.717) is 11.5 Å². The minimum atomic E-state index is -3.58. The van der Waals surface area contributed by atoms with Crippen LogP contribution in [0.5, 0.6) is 0 Å². The lowest BCUT2D eigenvalue weighted by Crippen LogP contribution is -2.27. The number of amides is 1. The van der Waals surface area contributed by atoms with E-state index in [0.717, 1.165) is 0 Å². The molecule has 2 aromatic rings. The Hall–Kier alpha value is -2.13. The molecule has 0 atom stereocenters. The predicted molar refractivity (Wildman–Crippen MR) is 78.7 cm³/mol. The van der Waals surface area contributed by atoms with E-state index in [1.54, 1.807) is 27.1 Å². The fraction of sp³-hybridized carbons (Fsp3) is 0.385. The third-order valence-corrected chi connectivity index (χ3v) is 4.58. The molecule has 9 heteroatoms. The van der Waals surface area contributed by atoms with Gasteiger partial charge in [0.1, 0.15) is 22.0 Å². The molecule has 0 spiro atoms. The second-order valence-corrected chi connectivity index (χ2v) is 6.86. The normalized spacial score (nSPS) is 11.6. The summed E-state index contributed by atoms with van der Waals surface area (Å²) < 4.78 is 32.2. The van der Waals surface area contributed by atoms with Crippen LogP contribution in [0, 0.1) is 6.92 Å². The summed E-state index contributed by atoms with van der Waals surface area (Å²) in [5.41, 5.74) is 0.905. The SMILES string of the molecule is CNS(=O)(=O)c1cc(C(=O)N(C)Cc2cc(C)on2)n(C)c1. The summed E-state index contributed by atoms with van der Waals surface area (Å²) in [7, 11) is 0.976. The largest absolute Gasteiger partial charge is 0.361 e. The lowest BCUT2D eigenvalue weighted by molar-refractivity contribution is 0.0772. The molecule has 2 rings (SSSR count). The Bertz CT molecular complexity index is 791. The van der Waals surface area contributed by atoms with Gasteiger partial charge in [0, 0.05) is 26.4 Å². The van der Waals surface area contributed by atoms with Crippen LogP contribution >= 0.6 is 0 Å². The van der Waals surface area contributed by atoms with Crippen LogP contribution in [-0.2, 0) is 23.6 Å². The standard InChI is InChI=1S/C13H18N4O4S/c1-9-5-10(15-21-9)7-17(4)13(18)12-6-11(8-16(12)3)22(19,20)14-2/h5-6,8,14H,7H2,1-4H3. The van der Waals surface area contributed by atoms with Crippen molar-refractivity contribution in [2.24, 2.45) is 7.05 Å². The zero-order valence-corrected chi connectivity index (χ0v) is 13.6. The Morgan fingerprint density at radius 3 is 2.68 bits per heavy atom. The molecular weight excluding hydrogens is 308 g/mol. The maximum Gasteiger partial charge on any atom is 0.270 e. The van der Waals surface area contributed by atoms with E-state index in [4.69, 9.17) is 4.52 Å². The Morgan fingerprint density at radius 1 is 1.45 bits per heavy atom. The molecule has 0 radical (unpaired) electrons. The molecule has 0 saturated carbocycles. The number of aromatic nitrogens is 2. The molecule has 120 valence electrons. The van der Waals surface area contributed by atoms with Crippen molar-refractivity contribution in [1.82, 2.24) is 19.3 Å². The van der Waals surface area contributed by atoms with Crippen molar-refractivity contribution in [2.75, 3.05) is 14.1 Å². The molecule has 0 fully saturated rings. The van der Waals surface area contributed by atoms with Crippen molar-refractivity contribution in [3.63, 3.8) is 0 Å². The lowest BCUT2D eigenvalue weighted by atomic mass is 10.3. The number of rotatable bonds is 5. The van der Waals surface area contributed by atoms with Gasteiger partial charge in [0.2, 0.25) is 10.0 Å². The lowest BCUT2D eigenvalue weighted by Gasteiger charge is -2.15. The molecule has 0 bridgehead atoms. The Balaban J connectivity index is 2.22. The summed E-state index contributed by atoms with van der Waals surface area (Å²) in [6.07, 6.45) is 1.40. The van der Waals surface area contributed by atoms with Gasteiger partial charge in [0.05, 0.1) is 6.54 Å². The molecule has 0 aliphatic heterocycles. The van der Waals surface area contributed by atoms with Crippen molar-refractivity contribution in [3.05, 3.63) is 35.5 Å². The van der Waals surface area contributed by atoms with Gasteiger partial charge in [-0.3, -0.25) is 4.79 Å². The van der Waals surface area contributed by atoms with Gasteiger partial charge < -0.3 is 14.0 Å². The predicted octanol–water partition coefficient (Wildman–Crippen LogP) is 0.502. The van der Waals surface area contributed by atoms with Gasteiger partial charge in [-0.15, -0.1) is 0 Å². The number of hydrogen-bond acceptors (Lipinski definition) is 5. The highest BCUT2D eigenvalue weighted by atomic mass is 32.2. The van der Waals surface area contributed by atoms with Crippen molar-refractivity contribution < 1.29 is 17.7 Å². The molecule has 2 aromatic heterocycles. The van der Waals surface area contributed by atoms with Crippen molar-refractivity contribution >= 4 is 15.9 Å². The van der Waals surface area contributed by atoms with Gasteiger partial charge in [0.25, 0.3) is 5.91 Å². The van der Waals surface area contributed by atoms with Crippen LogP contribution < -0.4 is 4.72 Å². The molecule has 0 unspecified atom stereocenters. The number of sulfonamides is 1. The van der Waals surface area contributed by atoms with Crippen LogP contribution in [0.2, 0.25) is 0 Å². The Labute approximate surface area is 128 Å². The second kappa shape index (κ2) is 5.93. The highest BCUT2D eigenvalue weighted by molar-refractivity contribution is 7.89. The molecule has 2 heterocycles. The van der Waals surface area contributed by atoms with Crippen molar-refractivity contribution in [2.45, 2.75) is 18.4 Å². The molecule has 0 saturated heterocycles. The number of carbonyl (C=O) groups is 1. The van der Waals surface area contributed by atoms with Crippen LogP contribution in [-0.4, -0.2) is 43.0 Å². The highest BCUT2D eigenvalue weighted by Gasteiger charge is 2.21. The van der Waals surface area contributed by atoms with Crippen molar-refractivity contribution in [1.29, 1.82) is 0 Å². The summed E-state index contributed by atoms with van der Waals surface area (Å²) in [6, 6.07) is 3.09.